The molecule has 10 heteroatoms. The van der Waals surface area contributed by atoms with Crippen molar-refractivity contribution in [2.45, 2.75) is 0 Å². The second-order valence-electron chi connectivity index (χ2n) is 8.03. The summed E-state index contributed by atoms with van der Waals surface area (Å²) in [7, 11) is 5.97. The van der Waals surface area contributed by atoms with Gasteiger partial charge in [-0.1, -0.05) is 18.2 Å². The van der Waals surface area contributed by atoms with E-state index < -0.39 is 12.6 Å². The first-order chi connectivity index (χ1) is 18.4. The molecule has 0 spiro atoms. The molecule has 0 aliphatic heterocycles. The number of carbonyl (C=O) groups is 2. The van der Waals surface area contributed by atoms with Crippen molar-refractivity contribution >= 4 is 68.8 Å². The number of methoxy groups -OCH3 is 4. The van der Waals surface area contributed by atoms with Crippen LogP contribution in [0.5, 0.6) is 28.7 Å². The molecule has 0 unspecified atom stereocenters. The van der Waals surface area contributed by atoms with E-state index in [1.54, 1.807) is 35.6 Å². The second kappa shape index (κ2) is 13.5. The van der Waals surface area contributed by atoms with Crippen molar-refractivity contribution in [1.82, 2.24) is 0 Å². The zero-order valence-corrected chi connectivity index (χ0v) is 22.1. The van der Waals surface area contributed by atoms with Crippen LogP contribution in [0, 0.1) is 0 Å². The van der Waals surface area contributed by atoms with E-state index in [0.29, 0.717) is 34.1 Å². The van der Waals surface area contributed by atoms with Gasteiger partial charge in [-0.25, -0.2) is 4.79 Å². The van der Waals surface area contributed by atoms with E-state index in [1.165, 1.54) is 34.5 Å². The van der Waals surface area contributed by atoms with Crippen LogP contribution in [0.25, 0.3) is 26.6 Å². The summed E-state index contributed by atoms with van der Waals surface area (Å²) < 4.78 is 28.3. The zero-order valence-electron chi connectivity index (χ0n) is 21.3. The van der Waals surface area contributed by atoms with E-state index in [1.807, 2.05) is 30.3 Å². The minimum atomic E-state index is -1.12. The zero-order chi connectivity index (χ0) is 27.2. The van der Waals surface area contributed by atoms with E-state index in [4.69, 9.17) is 28.8 Å². The molecule has 4 rings (SSSR count). The number of thiophene rings is 1. The normalized spacial score (nSPS) is 10.7. The monoisotopic (exact) mass is 558 g/mol. The van der Waals surface area contributed by atoms with Gasteiger partial charge >= 0.3 is 35.5 Å². The quantitative estimate of drug-likeness (QED) is 0.150. The van der Waals surface area contributed by atoms with Crippen LogP contribution >= 0.6 is 11.3 Å². The topological polar surface area (TPSA) is 101 Å². The number of rotatable bonds is 11. The number of hydrogen-bond acceptors (Lipinski definition) is 8. The van der Waals surface area contributed by atoms with Gasteiger partial charge in [0.2, 0.25) is 5.75 Å². The number of carboxylic acid groups (broad SMARTS) is 1. The second-order valence-corrected chi connectivity index (χ2v) is 9.12. The Morgan fingerprint density at radius 3 is 2.10 bits per heavy atom. The Kier molecular flexibility index (Phi) is 10.4. The van der Waals surface area contributed by atoms with Gasteiger partial charge in [-0.15, -0.1) is 11.3 Å². The van der Waals surface area contributed by atoms with Crippen LogP contribution in [0.3, 0.4) is 0 Å². The molecule has 1 N–H and O–H groups in total. The molecule has 3 aromatic carbocycles. The molecule has 8 nitrogen and oxygen atoms in total. The molecular formula is C29H27NaO8S. The molecule has 0 amide bonds. The average Bonchev–Trinajstić information content (AvgIpc) is 3.37. The number of aliphatic carboxylic acids is 1. The van der Waals surface area contributed by atoms with Crippen molar-refractivity contribution in [3.8, 4) is 39.2 Å². The molecule has 1 heterocycles. The number of carbonyl (C=O) groups excluding carboxylic acids is 1. The third-order valence-corrected chi connectivity index (χ3v) is 6.89. The van der Waals surface area contributed by atoms with Gasteiger partial charge in [-0.05, 0) is 47.9 Å². The third kappa shape index (κ3) is 6.75. The Morgan fingerprint density at radius 2 is 1.51 bits per heavy atom. The predicted molar refractivity (Wildman–Crippen MR) is 154 cm³/mol. The molecule has 1 aromatic heterocycles. The molecule has 0 aliphatic rings. The summed E-state index contributed by atoms with van der Waals surface area (Å²) in [5, 5.41) is 10.2. The van der Waals surface area contributed by atoms with Crippen LogP contribution < -0.4 is 23.7 Å². The fraction of sp³-hybridized carbons (Fsp3) is 0.172. The van der Waals surface area contributed by atoms with Gasteiger partial charge in [0.25, 0.3) is 0 Å². The summed E-state index contributed by atoms with van der Waals surface area (Å²) in [6, 6.07) is 16.7. The number of hydrogen-bond donors (Lipinski definition) is 1. The van der Waals surface area contributed by atoms with Gasteiger partial charge in [0.1, 0.15) is 11.5 Å². The summed E-state index contributed by atoms with van der Waals surface area (Å²) >= 11 is 1.60. The molecule has 0 saturated carbocycles. The van der Waals surface area contributed by atoms with Crippen molar-refractivity contribution in [3.63, 3.8) is 0 Å². The van der Waals surface area contributed by atoms with Crippen LogP contribution in [0.15, 0.2) is 60.7 Å². The van der Waals surface area contributed by atoms with E-state index in [2.05, 4.69) is 6.07 Å². The van der Waals surface area contributed by atoms with E-state index in [9.17, 15) is 9.59 Å². The summed E-state index contributed by atoms with van der Waals surface area (Å²) in [5.74, 6) is 0.418. The Labute approximate surface area is 252 Å². The maximum absolute atomic E-state index is 13.1. The summed E-state index contributed by atoms with van der Waals surface area (Å²) in [4.78, 5) is 25.3. The Hall–Kier alpha value is -3.50. The van der Waals surface area contributed by atoms with Gasteiger partial charge in [-0.2, -0.15) is 0 Å². The first-order valence-electron chi connectivity index (χ1n) is 11.5. The number of ether oxygens (including phenoxy) is 5. The Balaban J connectivity index is 0.00000420. The van der Waals surface area contributed by atoms with Gasteiger partial charge < -0.3 is 28.8 Å². The van der Waals surface area contributed by atoms with Crippen molar-refractivity contribution < 1.29 is 38.4 Å². The van der Waals surface area contributed by atoms with E-state index >= 15 is 0 Å². The van der Waals surface area contributed by atoms with Crippen LogP contribution in [0.4, 0.5) is 0 Å². The maximum atomic E-state index is 13.1. The van der Waals surface area contributed by atoms with Crippen molar-refractivity contribution in [2.24, 2.45) is 0 Å². The molecule has 198 valence electrons. The van der Waals surface area contributed by atoms with Crippen LogP contribution in [0.1, 0.15) is 15.9 Å². The van der Waals surface area contributed by atoms with Crippen LogP contribution in [-0.4, -0.2) is 81.5 Å². The summed E-state index contributed by atoms with van der Waals surface area (Å²) in [5.41, 5.74) is 1.62. The fourth-order valence-electron chi connectivity index (χ4n) is 3.93. The van der Waals surface area contributed by atoms with E-state index in [0.717, 1.165) is 20.5 Å². The molecule has 0 radical (unpaired) electrons. The number of benzene rings is 3. The summed E-state index contributed by atoms with van der Waals surface area (Å²) in [6.45, 7) is -0.549. The van der Waals surface area contributed by atoms with Crippen molar-refractivity contribution in [3.05, 3.63) is 71.8 Å². The Bertz CT molecular complexity index is 1470. The van der Waals surface area contributed by atoms with Gasteiger partial charge in [0.05, 0.1) is 28.4 Å². The molecule has 0 fully saturated rings. The standard InChI is InChI=1S/C29H26O8S.Na.H/c1-33-23-15-22(37-16-28(31)32)17(11-20(23)27-14-18-7-5-6-8-26(18)38-27)9-10-21(30)19-12-24(34-2)29(36-4)25(13-19)35-3;;/h5-15H,16H2,1-4H3,(H,31,32);;/b10-9+;;. The number of carboxylic acids is 1. The van der Waals surface area contributed by atoms with Crippen LogP contribution in [0.2, 0.25) is 0 Å². The number of ketones is 1. The van der Waals surface area contributed by atoms with Crippen molar-refractivity contribution in [1.29, 1.82) is 0 Å². The van der Waals surface area contributed by atoms with E-state index in [-0.39, 0.29) is 41.1 Å². The van der Waals surface area contributed by atoms with Crippen molar-refractivity contribution in [2.75, 3.05) is 35.0 Å². The summed E-state index contributed by atoms with van der Waals surface area (Å²) in [6.07, 6.45) is 2.96. The number of allylic oxidation sites excluding steroid dienone is 1. The molecule has 0 bridgehead atoms. The fourth-order valence-corrected chi connectivity index (χ4v) is 5.02. The third-order valence-electron chi connectivity index (χ3n) is 5.74. The van der Waals surface area contributed by atoms with Gasteiger partial charge in [0.15, 0.2) is 23.9 Å². The minimum absolute atomic E-state index is 0. The molecule has 39 heavy (non-hydrogen) atoms. The molecule has 4 aromatic rings. The SMILES string of the molecule is COc1cc(OCC(=O)O)c(/C=C/C(=O)c2cc(OC)c(OC)c(OC)c2)cc1-c1cc2ccccc2s1.[NaH]. The van der Waals surface area contributed by atoms with Gasteiger partial charge in [-0.3, -0.25) is 4.79 Å². The predicted octanol–water partition coefficient (Wildman–Crippen LogP) is 5.31. The first-order valence-corrected chi connectivity index (χ1v) is 12.3. The number of fused-ring (bicyclic) bond motifs is 1. The first kappa shape index (κ1) is 30.0. The molecule has 0 atom stereocenters. The Morgan fingerprint density at radius 1 is 0.846 bits per heavy atom. The molecule has 0 saturated heterocycles. The van der Waals surface area contributed by atoms with Gasteiger partial charge in [0, 0.05) is 32.3 Å². The average molecular weight is 559 g/mol. The molecular weight excluding hydrogens is 531 g/mol. The molecule has 0 aliphatic carbocycles. The van der Waals surface area contributed by atoms with Crippen LogP contribution in [-0.2, 0) is 4.79 Å².